The lowest BCUT2D eigenvalue weighted by Gasteiger charge is -2.12. The van der Waals surface area contributed by atoms with Gasteiger partial charge in [-0.2, -0.15) is 0 Å². The highest BCUT2D eigenvalue weighted by Gasteiger charge is 2.32. The highest BCUT2D eigenvalue weighted by Crippen LogP contribution is 2.39. The first-order valence-electron chi connectivity index (χ1n) is 6.82. The van der Waals surface area contributed by atoms with Crippen molar-refractivity contribution >= 4 is 5.57 Å². The number of halogens is 9. The molecular formula is C16H13F9. The third-order valence-electron chi connectivity index (χ3n) is 2.66. The Balaban J connectivity index is 0.00000277. The summed E-state index contributed by atoms with van der Waals surface area (Å²) in [6, 6.07) is 0. The van der Waals surface area contributed by atoms with Crippen LogP contribution in [0.3, 0.4) is 0 Å². The van der Waals surface area contributed by atoms with Crippen molar-refractivity contribution in [2.75, 3.05) is 0 Å². The molecular weight excluding hydrogens is 363 g/mol. The molecule has 0 amide bonds. The van der Waals surface area contributed by atoms with Gasteiger partial charge in [0.05, 0.1) is 11.1 Å². The van der Waals surface area contributed by atoms with Crippen LogP contribution in [0.5, 0.6) is 0 Å². The highest BCUT2D eigenvalue weighted by molar-refractivity contribution is 5.81. The molecule has 25 heavy (non-hydrogen) atoms. The van der Waals surface area contributed by atoms with Crippen LogP contribution in [0.1, 0.15) is 33.3 Å². The maximum atomic E-state index is 13.8. The minimum atomic E-state index is -2.60. The number of rotatable bonds is 3. The van der Waals surface area contributed by atoms with Gasteiger partial charge in [-0.3, -0.25) is 0 Å². The quantitative estimate of drug-likeness (QED) is 0.228. The molecule has 0 aliphatic carbocycles. The molecule has 0 saturated heterocycles. The second-order valence-electron chi connectivity index (χ2n) is 4.12. The molecule has 0 bridgehead atoms. The summed E-state index contributed by atoms with van der Waals surface area (Å²) in [5.74, 6) is -21.3. The van der Waals surface area contributed by atoms with E-state index in [1.54, 1.807) is 0 Å². The molecule has 0 radical (unpaired) electrons. The van der Waals surface area contributed by atoms with E-state index in [4.69, 9.17) is 0 Å². The number of hydrogen-bond acceptors (Lipinski definition) is 0. The van der Waals surface area contributed by atoms with Crippen LogP contribution in [0.15, 0.2) is 29.4 Å². The summed E-state index contributed by atoms with van der Waals surface area (Å²) >= 11 is 0. The van der Waals surface area contributed by atoms with Crippen LogP contribution < -0.4 is 0 Å². The molecule has 140 valence electrons. The lowest BCUT2D eigenvalue weighted by Crippen LogP contribution is -2.08. The molecule has 0 spiro atoms. The number of hydrogen-bond donors (Lipinski definition) is 0. The largest absolute Gasteiger partial charge is 0.209 e. The number of allylic oxidation sites excluding steroid dienone is 6. The van der Waals surface area contributed by atoms with E-state index < -0.39 is 63.5 Å². The Hall–Kier alpha value is -2.19. The van der Waals surface area contributed by atoms with Crippen molar-refractivity contribution in [2.24, 2.45) is 0 Å². The van der Waals surface area contributed by atoms with E-state index >= 15 is 0 Å². The van der Waals surface area contributed by atoms with Gasteiger partial charge in [0, 0.05) is 0 Å². The van der Waals surface area contributed by atoms with Gasteiger partial charge in [0.2, 0.25) is 5.82 Å². The third kappa shape index (κ3) is 4.46. The van der Waals surface area contributed by atoms with E-state index in [1.165, 1.54) is 0 Å². The first-order valence-corrected chi connectivity index (χ1v) is 6.82. The Labute approximate surface area is 138 Å². The molecule has 0 heterocycles. The van der Waals surface area contributed by atoms with Gasteiger partial charge in [-0.15, -0.1) is 0 Å². The highest BCUT2D eigenvalue weighted by atomic mass is 19.2. The number of benzene rings is 1. The Morgan fingerprint density at radius 2 is 1.04 bits per heavy atom. The summed E-state index contributed by atoms with van der Waals surface area (Å²) in [6.07, 6.45) is 0.377. The van der Waals surface area contributed by atoms with Crippen LogP contribution in [-0.4, -0.2) is 0 Å². The average molecular weight is 376 g/mol. The van der Waals surface area contributed by atoms with Gasteiger partial charge in [0.25, 0.3) is 0 Å². The van der Waals surface area contributed by atoms with Crippen molar-refractivity contribution < 1.29 is 39.5 Å². The van der Waals surface area contributed by atoms with Crippen molar-refractivity contribution in [3.8, 4) is 0 Å². The second kappa shape index (κ2) is 9.33. The second-order valence-corrected chi connectivity index (χ2v) is 4.12. The molecule has 0 saturated carbocycles. The summed E-state index contributed by atoms with van der Waals surface area (Å²) in [5, 5.41) is 0. The summed E-state index contributed by atoms with van der Waals surface area (Å²) < 4.78 is 120. The molecule has 1 rings (SSSR count). The van der Waals surface area contributed by atoms with Gasteiger partial charge in [-0.25, -0.2) is 39.5 Å². The van der Waals surface area contributed by atoms with Crippen molar-refractivity contribution in [1.82, 2.24) is 0 Å². The molecule has 0 unspecified atom stereocenters. The van der Waals surface area contributed by atoms with Gasteiger partial charge >= 0.3 is 0 Å². The maximum Gasteiger partial charge on any atom is 0.200 e. The van der Waals surface area contributed by atoms with E-state index in [-0.39, 0.29) is 0 Å². The monoisotopic (exact) mass is 376 g/mol. The summed E-state index contributed by atoms with van der Waals surface area (Å²) in [5.41, 5.74) is -4.18. The fraction of sp³-hybridized carbons (Fsp3) is 0.250. The van der Waals surface area contributed by atoms with Gasteiger partial charge in [0.1, 0.15) is 5.83 Å². The molecule has 1 aromatic rings. The topological polar surface area (TPSA) is 0 Å². The van der Waals surface area contributed by atoms with E-state index in [2.05, 4.69) is 0 Å². The van der Waals surface area contributed by atoms with E-state index in [1.807, 2.05) is 13.8 Å². The van der Waals surface area contributed by atoms with Crippen molar-refractivity contribution in [3.63, 3.8) is 0 Å². The standard InChI is InChI=1S/C14H7F9.C2H6/c1-3-5(16)9(18)6(8(17)4(2)15)7-10(19)12(21)14(23)13(22)11(7)20;1-2/h3H,1-2H3;1-2H3/b5-3-,8-4-,9-6+;. The Morgan fingerprint density at radius 1 is 0.680 bits per heavy atom. The lowest BCUT2D eigenvalue weighted by atomic mass is 10.00. The molecule has 9 heteroatoms. The van der Waals surface area contributed by atoms with E-state index in [0.717, 1.165) is 6.92 Å². The Bertz CT molecular complexity index is 709. The summed E-state index contributed by atoms with van der Waals surface area (Å²) in [6.45, 7) is 5.28. The molecule has 0 N–H and O–H groups in total. The average Bonchev–Trinajstić information content (AvgIpc) is 2.61. The summed E-state index contributed by atoms with van der Waals surface area (Å²) in [7, 11) is 0. The Morgan fingerprint density at radius 3 is 1.36 bits per heavy atom. The Kier molecular flexibility index (Phi) is 8.52. The zero-order valence-electron chi connectivity index (χ0n) is 13.5. The minimum absolute atomic E-state index is 0.377. The molecule has 0 aliphatic rings. The molecule has 0 fully saturated rings. The molecule has 0 aromatic heterocycles. The SMILES string of the molecule is C/C=C(F)/C(F)=C(\C(F)=C(/C)F)c1c(F)c(F)c(F)c(F)c1F.CC. The van der Waals surface area contributed by atoms with Crippen LogP contribution in [0.25, 0.3) is 5.57 Å². The fourth-order valence-corrected chi connectivity index (χ4v) is 1.56. The van der Waals surface area contributed by atoms with Crippen LogP contribution in [-0.2, 0) is 0 Å². The van der Waals surface area contributed by atoms with Gasteiger partial charge in [0.15, 0.2) is 40.7 Å². The van der Waals surface area contributed by atoms with Crippen LogP contribution >= 0.6 is 0 Å². The van der Waals surface area contributed by atoms with Crippen LogP contribution in [0.2, 0.25) is 0 Å². The molecule has 0 aliphatic heterocycles. The molecule has 1 aromatic carbocycles. The molecule has 0 atom stereocenters. The minimum Gasteiger partial charge on any atom is -0.209 e. The first-order chi connectivity index (χ1) is 11.6. The zero-order chi connectivity index (χ0) is 20.1. The zero-order valence-corrected chi connectivity index (χ0v) is 13.5. The van der Waals surface area contributed by atoms with Crippen LogP contribution in [0.4, 0.5) is 39.5 Å². The van der Waals surface area contributed by atoms with Gasteiger partial charge in [-0.05, 0) is 19.9 Å². The first kappa shape index (κ1) is 22.8. The molecule has 0 nitrogen and oxygen atoms in total. The fourth-order valence-electron chi connectivity index (χ4n) is 1.56. The third-order valence-corrected chi connectivity index (χ3v) is 2.66. The predicted octanol–water partition coefficient (Wildman–Crippen LogP) is 7.13. The van der Waals surface area contributed by atoms with E-state index in [0.29, 0.717) is 13.0 Å². The smallest absolute Gasteiger partial charge is 0.200 e. The van der Waals surface area contributed by atoms with Crippen LogP contribution in [0, 0.1) is 29.1 Å². The normalized spacial score (nSPS) is 13.7. The van der Waals surface area contributed by atoms with Gasteiger partial charge < -0.3 is 0 Å². The van der Waals surface area contributed by atoms with Crippen molar-refractivity contribution in [2.45, 2.75) is 27.7 Å². The van der Waals surface area contributed by atoms with Gasteiger partial charge in [-0.1, -0.05) is 13.8 Å². The lowest BCUT2D eigenvalue weighted by molar-refractivity contribution is 0.375. The van der Waals surface area contributed by atoms with E-state index in [9.17, 15) is 39.5 Å². The summed E-state index contributed by atoms with van der Waals surface area (Å²) in [4.78, 5) is 0. The van der Waals surface area contributed by atoms with Crippen molar-refractivity contribution in [3.05, 3.63) is 64.0 Å². The maximum absolute atomic E-state index is 13.8. The van der Waals surface area contributed by atoms with Crippen molar-refractivity contribution in [1.29, 1.82) is 0 Å². The predicted molar refractivity (Wildman–Crippen MR) is 75.4 cm³/mol.